The van der Waals surface area contributed by atoms with Crippen LogP contribution in [0.1, 0.15) is 34.1 Å². The normalized spacial score (nSPS) is 16.0. The molecular formula is C17H17N3O2. The van der Waals surface area contributed by atoms with Crippen molar-refractivity contribution >= 4 is 11.8 Å². The molecule has 2 amide bonds. The first-order valence-electron chi connectivity index (χ1n) is 7.30. The van der Waals surface area contributed by atoms with E-state index in [1.54, 1.807) is 12.3 Å². The van der Waals surface area contributed by atoms with Gasteiger partial charge in [-0.15, -0.1) is 0 Å². The lowest BCUT2D eigenvalue weighted by molar-refractivity contribution is -0.121. The number of carbonyl (C=O) groups excluding carboxylic acids is 2. The van der Waals surface area contributed by atoms with Crippen LogP contribution in [0, 0.1) is 0 Å². The number of rotatable bonds is 5. The number of carbonyl (C=O) groups is 2. The summed E-state index contributed by atoms with van der Waals surface area (Å²) in [5.74, 6) is -0.181. The number of nitrogens with zero attached hydrogens (tertiary/aromatic N) is 1. The second-order valence-corrected chi connectivity index (χ2v) is 5.24. The maximum Gasteiger partial charge on any atom is 0.252 e. The Balaban J connectivity index is 1.52. The molecule has 22 heavy (non-hydrogen) atoms. The Morgan fingerprint density at radius 1 is 1.18 bits per heavy atom. The number of amides is 2. The molecule has 5 nitrogen and oxygen atoms in total. The van der Waals surface area contributed by atoms with Gasteiger partial charge in [0.05, 0.1) is 12.5 Å². The van der Waals surface area contributed by atoms with Crippen LogP contribution >= 0.6 is 0 Å². The summed E-state index contributed by atoms with van der Waals surface area (Å²) in [5, 5.41) is 5.72. The minimum atomic E-state index is -0.237. The Hall–Kier alpha value is -2.69. The van der Waals surface area contributed by atoms with E-state index in [-0.39, 0.29) is 24.3 Å². The minimum Gasteiger partial charge on any atom is -0.356 e. The molecule has 112 valence electrons. The van der Waals surface area contributed by atoms with Crippen LogP contribution in [0.4, 0.5) is 0 Å². The van der Waals surface area contributed by atoms with Crippen molar-refractivity contribution in [2.75, 3.05) is 6.54 Å². The van der Waals surface area contributed by atoms with Gasteiger partial charge in [0.15, 0.2) is 0 Å². The quantitative estimate of drug-likeness (QED) is 0.880. The first-order valence-corrected chi connectivity index (χ1v) is 7.30. The minimum absolute atomic E-state index is 0.0714. The molecule has 2 aromatic rings. The molecule has 1 atom stereocenters. The molecule has 3 rings (SSSR count). The van der Waals surface area contributed by atoms with E-state index in [1.165, 1.54) is 0 Å². The van der Waals surface area contributed by atoms with Crippen molar-refractivity contribution in [3.05, 3.63) is 65.5 Å². The smallest absolute Gasteiger partial charge is 0.252 e. The van der Waals surface area contributed by atoms with Crippen molar-refractivity contribution < 1.29 is 9.59 Å². The molecule has 1 aliphatic rings. The van der Waals surface area contributed by atoms with Crippen molar-refractivity contribution in [1.82, 2.24) is 15.6 Å². The van der Waals surface area contributed by atoms with Crippen molar-refractivity contribution in [3.8, 4) is 0 Å². The maximum atomic E-state index is 12.0. The van der Waals surface area contributed by atoms with Crippen LogP contribution in [-0.4, -0.2) is 23.3 Å². The van der Waals surface area contributed by atoms with Crippen LogP contribution in [0.15, 0.2) is 48.7 Å². The molecule has 0 aliphatic carbocycles. The van der Waals surface area contributed by atoms with Gasteiger partial charge in [-0.25, -0.2) is 0 Å². The summed E-state index contributed by atoms with van der Waals surface area (Å²) in [6.45, 7) is 0.540. The Bertz CT molecular complexity index is 685. The van der Waals surface area contributed by atoms with Crippen molar-refractivity contribution in [3.63, 3.8) is 0 Å². The second kappa shape index (κ2) is 6.39. The molecule has 2 N–H and O–H groups in total. The number of pyridine rings is 1. The first kappa shape index (κ1) is 14.3. The van der Waals surface area contributed by atoms with Gasteiger partial charge < -0.3 is 10.6 Å². The lowest BCUT2D eigenvalue weighted by Crippen LogP contribution is -2.30. The van der Waals surface area contributed by atoms with Gasteiger partial charge in [0, 0.05) is 30.4 Å². The molecule has 0 unspecified atom stereocenters. The monoisotopic (exact) mass is 295 g/mol. The third-order valence-electron chi connectivity index (χ3n) is 3.71. The van der Waals surface area contributed by atoms with E-state index in [0.29, 0.717) is 18.5 Å². The third kappa shape index (κ3) is 3.14. The Labute approximate surface area is 128 Å². The zero-order valence-electron chi connectivity index (χ0n) is 12.1. The number of aromatic nitrogens is 1. The SMILES string of the molecule is O=C(C[C@@H]1NC(=O)c2ccccc21)NCCc1ccccn1. The third-order valence-corrected chi connectivity index (χ3v) is 3.71. The first-order chi connectivity index (χ1) is 10.7. The summed E-state index contributed by atoms with van der Waals surface area (Å²) in [7, 11) is 0. The molecule has 0 fully saturated rings. The van der Waals surface area contributed by atoms with Gasteiger partial charge in [-0.3, -0.25) is 14.6 Å². The van der Waals surface area contributed by atoms with Gasteiger partial charge in [0.25, 0.3) is 5.91 Å². The van der Waals surface area contributed by atoms with Crippen molar-refractivity contribution in [2.24, 2.45) is 0 Å². The molecule has 0 spiro atoms. The highest BCUT2D eigenvalue weighted by Crippen LogP contribution is 2.27. The Morgan fingerprint density at radius 2 is 2.00 bits per heavy atom. The molecule has 0 saturated heterocycles. The fourth-order valence-corrected chi connectivity index (χ4v) is 2.62. The largest absolute Gasteiger partial charge is 0.356 e. The highest BCUT2D eigenvalue weighted by molar-refractivity contribution is 5.99. The van der Waals surface area contributed by atoms with Crippen LogP contribution in [0.3, 0.4) is 0 Å². The number of hydrogen-bond acceptors (Lipinski definition) is 3. The van der Waals surface area contributed by atoms with E-state index < -0.39 is 0 Å². The molecule has 0 saturated carbocycles. The van der Waals surface area contributed by atoms with E-state index in [4.69, 9.17) is 0 Å². The van der Waals surface area contributed by atoms with E-state index in [0.717, 1.165) is 11.3 Å². The summed E-state index contributed by atoms with van der Waals surface area (Å²) in [5.41, 5.74) is 2.50. The average molecular weight is 295 g/mol. The van der Waals surface area contributed by atoms with Crippen molar-refractivity contribution in [1.29, 1.82) is 0 Å². The lowest BCUT2D eigenvalue weighted by atomic mass is 10.0. The zero-order valence-corrected chi connectivity index (χ0v) is 12.1. The van der Waals surface area contributed by atoms with Crippen molar-refractivity contribution in [2.45, 2.75) is 18.9 Å². The van der Waals surface area contributed by atoms with E-state index in [2.05, 4.69) is 15.6 Å². The summed E-state index contributed by atoms with van der Waals surface area (Å²) in [6.07, 6.45) is 2.69. The number of fused-ring (bicyclic) bond motifs is 1. The lowest BCUT2D eigenvalue weighted by Gasteiger charge is -2.11. The predicted octanol–water partition coefficient (Wildman–Crippen LogP) is 1.62. The molecule has 1 aliphatic heterocycles. The van der Waals surface area contributed by atoms with E-state index >= 15 is 0 Å². The number of benzene rings is 1. The summed E-state index contributed by atoms with van der Waals surface area (Å²) in [4.78, 5) is 28.0. The molecular weight excluding hydrogens is 278 g/mol. The number of hydrogen-bond donors (Lipinski definition) is 2. The summed E-state index contributed by atoms with van der Waals surface area (Å²) < 4.78 is 0. The molecule has 1 aromatic carbocycles. The molecule has 0 radical (unpaired) electrons. The summed E-state index contributed by atoms with van der Waals surface area (Å²) >= 11 is 0. The molecule has 1 aromatic heterocycles. The second-order valence-electron chi connectivity index (χ2n) is 5.24. The fraction of sp³-hybridized carbons (Fsp3) is 0.235. The van der Waals surface area contributed by atoms with Gasteiger partial charge in [0.2, 0.25) is 5.91 Å². The van der Waals surface area contributed by atoms with Crippen LogP contribution in [-0.2, 0) is 11.2 Å². The van der Waals surface area contributed by atoms with E-state index in [1.807, 2.05) is 36.4 Å². The predicted molar refractivity (Wildman–Crippen MR) is 82.2 cm³/mol. The highest BCUT2D eigenvalue weighted by atomic mass is 16.2. The van der Waals surface area contributed by atoms with Gasteiger partial charge in [0.1, 0.15) is 0 Å². The molecule has 2 heterocycles. The van der Waals surface area contributed by atoms with Gasteiger partial charge in [-0.2, -0.15) is 0 Å². The van der Waals surface area contributed by atoms with Crippen LogP contribution < -0.4 is 10.6 Å². The van der Waals surface area contributed by atoms with E-state index in [9.17, 15) is 9.59 Å². The van der Waals surface area contributed by atoms with Gasteiger partial charge in [-0.05, 0) is 23.8 Å². The van der Waals surface area contributed by atoms with Crippen LogP contribution in [0.2, 0.25) is 0 Å². The molecule has 0 bridgehead atoms. The average Bonchev–Trinajstić information content (AvgIpc) is 2.85. The van der Waals surface area contributed by atoms with Crippen LogP contribution in [0.25, 0.3) is 0 Å². The van der Waals surface area contributed by atoms with Crippen LogP contribution in [0.5, 0.6) is 0 Å². The zero-order chi connectivity index (χ0) is 15.4. The van der Waals surface area contributed by atoms with Gasteiger partial charge >= 0.3 is 0 Å². The topological polar surface area (TPSA) is 71.1 Å². The molecule has 5 heteroatoms. The maximum absolute atomic E-state index is 12.0. The Morgan fingerprint density at radius 3 is 2.82 bits per heavy atom. The highest BCUT2D eigenvalue weighted by Gasteiger charge is 2.29. The summed E-state index contributed by atoms with van der Waals surface area (Å²) in [6, 6.07) is 12.9. The Kier molecular flexibility index (Phi) is 4.14. The number of nitrogens with one attached hydrogen (secondary N) is 2. The standard InChI is InChI=1S/C17H17N3O2/c21-16(19-10-8-12-5-3-4-9-18-12)11-15-13-6-1-2-7-14(13)17(22)20-15/h1-7,9,15H,8,10-11H2,(H,19,21)(H,20,22)/t15-/m0/s1. The fourth-order valence-electron chi connectivity index (χ4n) is 2.62. The van der Waals surface area contributed by atoms with Gasteiger partial charge in [-0.1, -0.05) is 24.3 Å².